The summed E-state index contributed by atoms with van der Waals surface area (Å²) in [5.41, 5.74) is 7.19. The molecule has 0 saturated carbocycles. The van der Waals surface area contributed by atoms with E-state index in [0.29, 0.717) is 5.92 Å². The molecule has 0 amide bonds. The fourth-order valence-electron chi connectivity index (χ4n) is 1.69. The lowest BCUT2D eigenvalue weighted by Crippen LogP contribution is -2.13. The summed E-state index contributed by atoms with van der Waals surface area (Å²) < 4.78 is 10.4. The molecule has 1 aromatic carbocycles. The molecule has 0 spiro atoms. The second-order valence-electron chi connectivity index (χ2n) is 4.38. The molecule has 3 nitrogen and oxygen atoms in total. The molecule has 0 aliphatic rings. The summed E-state index contributed by atoms with van der Waals surface area (Å²) in [5, 5.41) is 0. The first kappa shape index (κ1) is 12.8. The van der Waals surface area contributed by atoms with Crippen LogP contribution in [0.2, 0.25) is 0 Å². The second kappa shape index (κ2) is 5.75. The van der Waals surface area contributed by atoms with Gasteiger partial charge in [-0.15, -0.1) is 0 Å². The molecular formula is C13H21NO2. The Morgan fingerprint density at radius 2 is 1.56 bits per heavy atom. The predicted octanol–water partition coefficient (Wildman–Crippen LogP) is 2.75. The molecule has 0 heterocycles. The van der Waals surface area contributed by atoms with E-state index >= 15 is 0 Å². The van der Waals surface area contributed by atoms with Crippen LogP contribution in [0.4, 0.5) is 0 Å². The fraction of sp³-hybridized carbons (Fsp3) is 0.538. The van der Waals surface area contributed by atoms with Gasteiger partial charge in [-0.2, -0.15) is 0 Å². The zero-order valence-electron chi connectivity index (χ0n) is 10.5. The summed E-state index contributed by atoms with van der Waals surface area (Å²) in [6, 6.07) is 5.82. The highest BCUT2D eigenvalue weighted by atomic mass is 16.5. The van der Waals surface area contributed by atoms with Crippen LogP contribution < -0.4 is 15.2 Å². The van der Waals surface area contributed by atoms with Crippen molar-refractivity contribution in [2.45, 2.75) is 26.3 Å². The zero-order chi connectivity index (χ0) is 12.1. The van der Waals surface area contributed by atoms with Crippen molar-refractivity contribution in [3.8, 4) is 11.5 Å². The molecule has 90 valence electrons. The molecule has 3 heteroatoms. The molecule has 0 radical (unpaired) electrons. The van der Waals surface area contributed by atoms with Crippen LogP contribution in [-0.4, -0.2) is 14.2 Å². The van der Waals surface area contributed by atoms with E-state index in [1.807, 2.05) is 18.2 Å². The summed E-state index contributed by atoms with van der Waals surface area (Å²) in [6.07, 6.45) is 0.955. The van der Waals surface area contributed by atoms with E-state index in [1.165, 1.54) is 0 Å². The molecule has 0 bridgehead atoms. The lowest BCUT2D eigenvalue weighted by Gasteiger charge is -2.16. The van der Waals surface area contributed by atoms with Crippen molar-refractivity contribution in [1.29, 1.82) is 0 Å². The Morgan fingerprint density at radius 1 is 1.06 bits per heavy atom. The largest absolute Gasteiger partial charge is 0.497 e. The molecule has 1 rings (SSSR count). The maximum Gasteiger partial charge on any atom is 0.122 e. The molecular weight excluding hydrogens is 202 g/mol. The topological polar surface area (TPSA) is 44.5 Å². The van der Waals surface area contributed by atoms with E-state index in [1.54, 1.807) is 14.2 Å². The quantitative estimate of drug-likeness (QED) is 0.834. The van der Waals surface area contributed by atoms with Gasteiger partial charge in [-0.25, -0.2) is 0 Å². The first-order valence-electron chi connectivity index (χ1n) is 5.55. The van der Waals surface area contributed by atoms with Gasteiger partial charge in [0.25, 0.3) is 0 Å². The smallest absolute Gasteiger partial charge is 0.122 e. The number of rotatable bonds is 5. The van der Waals surface area contributed by atoms with E-state index < -0.39 is 0 Å². The third-order valence-corrected chi connectivity index (χ3v) is 2.53. The molecule has 1 aromatic rings. The summed E-state index contributed by atoms with van der Waals surface area (Å²) >= 11 is 0. The van der Waals surface area contributed by atoms with Crippen molar-refractivity contribution in [3.05, 3.63) is 23.8 Å². The van der Waals surface area contributed by atoms with Crippen molar-refractivity contribution in [2.75, 3.05) is 14.2 Å². The third-order valence-electron chi connectivity index (χ3n) is 2.53. The third kappa shape index (κ3) is 3.42. The minimum atomic E-state index is 0.0315. The van der Waals surface area contributed by atoms with Gasteiger partial charge in [0.15, 0.2) is 0 Å². The second-order valence-corrected chi connectivity index (χ2v) is 4.38. The highest BCUT2D eigenvalue weighted by Crippen LogP contribution is 2.28. The van der Waals surface area contributed by atoms with Crippen LogP contribution >= 0.6 is 0 Å². The van der Waals surface area contributed by atoms with Gasteiger partial charge in [0, 0.05) is 12.1 Å². The molecule has 0 fully saturated rings. The van der Waals surface area contributed by atoms with E-state index in [0.717, 1.165) is 23.5 Å². The van der Waals surface area contributed by atoms with Gasteiger partial charge in [0.05, 0.1) is 14.2 Å². The molecule has 1 atom stereocenters. The number of ether oxygens (including phenoxy) is 2. The minimum Gasteiger partial charge on any atom is -0.497 e. The number of hydrogen-bond donors (Lipinski definition) is 1. The van der Waals surface area contributed by atoms with Gasteiger partial charge in [-0.05, 0) is 30.0 Å². The van der Waals surface area contributed by atoms with Gasteiger partial charge in [0.2, 0.25) is 0 Å². The van der Waals surface area contributed by atoms with Crippen LogP contribution in [0.3, 0.4) is 0 Å². The van der Waals surface area contributed by atoms with E-state index in [2.05, 4.69) is 13.8 Å². The normalized spacial score (nSPS) is 12.6. The highest BCUT2D eigenvalue weighted by Gasteiger charge is 2.11. The average Bonchev–Trinajstić information content (AvgIpc) is 2.27. The summed E-state index contributed by atoms with van der Waals surface area (Å²) in [4.78, 5) is 0. The van der Waals surface area contributed by atoms with Crippen LogP contribution in [0.1, 0.15) is 31.9 Å². The molecule has 0 unspecified atom stereocenters. The van der Waals surface area contributed by atoms with Crippen molar-refractivity contribution < 1.29 is 9.47 Å². The molecule has 0 saturated heterocycles. The minimum absolute atomic E-state index is 0.0315. The van der Waals surface area contributed by atoms with Crippen molar-refractivity contribution >= 4 is 0 Å². The molecule has 0 aromatic heterocycles. The van der Waals surface area contributed by atoms with Crippen LogP contribution in [0.5, 0.6) is 11.5 Å². The van der Waals surface area contributed by atoms with Crippen LogP contribution in [0, 0.1) is 5.92 Å². The molecule has 16 heavy (non-hydrogen) atoms. The Balaban J connectivity index is 2.93. The first-order valence-corrected chi connectivity index (χ1v) is 5.55. The number of methoxy groups -OCH3 is 2. The van der Waals surface area contributed by atoms with Crippen molar-refractivity contribution in [3.63, 3.8) is 0 Å². The van der Waals surface area contributed by atoms with Crippen LogP contribution in [0.15, 0.2) is 18.2 Å². The Hall–Kier alpha value is -1.22. The fourth-order valence-corrected chi connectivity index (χ4v) is 1.69. The maximum absolute atomic E-state index is 6.13. The Bertz CT molecular complexity index is 314. The van der Waals surface area contributed by atoms with Gasteiger partial charge >= 0.3 is 0 Å². The maximum atomic E-state index is 6.13. The van der Waals surface area contributed by atoms with Crippen molar-refractivity contribution in [2.24, 2.45) is 11.7 Å². The van der Waals surface area contributed by atoms with Gasteiger partial charge in [-0.3, -0.25) is 0 Å². The van der Waals surface area contributed by atoms with Crippen molar-refractivity contribution in [1.82, 2.24) is 0 Å². The zero-order valence-corrected chi connectivity index (χ0v) is 10.5. The number of hydrogen-bond acceptors (Lipinski definition) is 3. The van der Waals surface area contributed by atoms with Crippen LogP contribution in [0.25, 0.3) is 0 Å². The van der Waals surface area contributed by atoms with Crippen LogP contribution in [-0.2, 0) is 0 Å². The monoisotopic (exact) mass is 223 g/mol. The Labute approximate surface area is 97.6 Å². The first-order chi connectivity index (χ1) is 7.56. The lowest BCUT2D eigenvalue weighted by atomic mass is 9.97. The van der Waals surface area contributed by atoms with E-state index in [4.69, 9.17) is 15.2 Å². The van der Waals surface area contributed by atoms with Gasteiger partial charge in [0.1, 0.15) is 11.5 Å². The SMILES string of the molecule is COc1cc(OC)cc([C@H](N)CC(C)C)c1. The Kier molecular flexibility index (Phi) is 4.62. The molecule has 2 N–H and O–H groups in total. The van der Waals surface area contributed by atoms with E-state index in [-0.39, 0.29) is 6.04 Å². The average molecular weight is 223 g/mol. The standard InChI is InChI=1S/C13H21NO2/c1-9(2)5-13(14)10-6-11(15-3)8-12(7-10)16-4/h6-9,13H,5,14H2,1-4H3/t13-/m1/s1. The molecule has 0 aliphatic carbocycles. The summed E-state index contributed by atoms with van der Waals surface area (Å²) in [6.45, 7) is 4.33. The lowest BCUT2D eigenvalue weighted by molar-refractivity contribution is 0.391. The van der Waals surface area contributed by atoms with E-state index in [9.17, 15) is 0 Å². The summed E-state index contributed by atoms with van der Waals surface area (Å²) in [5.74, 6) is 2.15. The Morgan fingerprint density at radius 3 is 1.94 bits per heavy atom. The predicted molar refractivity (Wildman–Crippen MR) is 65.9 cm³/mol. The molecule has 0 aliphatic heterocycles. The van der Waals surface area contributed by atoms with Gasteiger partial charge in [-0.1, -0.05) is 13.8 Å². The van der Waals surface area contributed by atoms with Gasteiger partial charge < -0.3 is 15.2 Å². The highest BCUT2D eigenvalue weighted by molar-refractivity contribution is 5.39. The number of nitrogens with two attached hydrogens (primary N) is 1. The number of benzene rings is 1. The summed E-state index contributed by atoms with van der Waals surface area (Å²) in [7, 11) is 3.29.